The summed E-state index contributed by atoms with van der Waals surface area (Å²) in [7, 11) is 0. The van der Waals surface area contributed by atoms with E-state index >= 15 is 0 Å². The fraction of sp³-hybridized carbons (Fsp3) is 0.133. The Hall–Kier alpha value is -1.07. The smallest absolute Gasteiger partial charge is 0.228 e. The van der Waals surface area contributed by atoms with Gasteiger partial charge in [0, 0.05) is 31.3 Å². The van der Waals surface area contributed by atoms with Gasteiger partial charge in [0.05, 0.1) is 6.42 Å². The molecule has 1 aliphatic rings. The van der Waals surface area contributed by atoms with Crippen LogP contribution in [0.2, 0.25) is 10.0 Å². The van der Waals surface area contributed by atoms with Crippen LogP contribution in [0.25, 0.3) is 0 Å². The monoisotopic (exact) mass is 385 g/mol. The molecular formula is C15H10BrCl2NO2. The molecule has 0 radical (unpaired) electrons. The number of carbonyl (C=O) groups is 1. The van der Waals surface area contributed by atoms with E-state index in [1.54, 1.807) is 30.3 Å². The number of hydrogen-bond acceptors (Lipinski definition) is 2. The number of amides is 1. The predicted molar refractivity (Wildman–Crippen MR) is 87.0 cm³/mol. The van der Waals surface area contributed by atoms with Crippen molar-refractivity contribution in [2.24, 2.45) is 0 Å². The lowest BCUT2D eigenvalue weighted by Gasteiger charge is -2.16. The van der Waals surface area contributed by atoms with Gasteiger partial charge in [0.15, 0.2) is 0 Å². The minimum Gasteiger partial charge on any atom is -0.384 e. The van der Waals surface area contributed by atoms with Crippen molar-refractivity contribution in [3.8, 4) is 0 Å². The molecule has 0 saturated heterocycles. The Bertz CT molecular complexity index is 749. The third-order valence-electron chi connectivity index (χ3n) is 3.39. The van der Waals surface area contributed by atoms with Crippen molar-refractivity contribution in [2.45, 2.75) is 12.5 Å². The molecule has 0 fully saturated rings. The lowest BCUT2D eigenvalue weighted by atomic mass is 9.98. The van der Waals surface area contributed by atoms with Crippen molar-refractivity contribution >= 4 is 50.7 Å². The molecule has 2 aromatic carbocycles. The number of aliphatic hydroxyl groups is 1. The number of fused-ring (bicyclic) bond motifs is 1. The van der Waals surface area contributed by atoms with E-state index in [4.69, 9.17) is 23.2 Å². The van der Waals surface area contributed by atoms with Gasteiger partial charge in [-0.2, -0.15) is 0 Å². The zero-order valence-corrected chi connectivity index (χ0v) is 13.8. The summed E-state index contributed by atoms with van der Waals surface area (Å²) in [6, 6.07) is 8.61. The normalized spacial score (nSPS) is 14.8. The number of aliphatic hydroxyl groups excluding tert-OH is 1. The number of rotatable bonds is 2. The average molecular weight is 387 g/mol. The van der Waals surface area contributed by atoms with Crippen LogP contribution in [-0.2, 0) is 11.2 Å². The van der Waals surface area contributed by atoms with E-state index in [0.29, 0.717) is 33.3 Å². The maximum atomic E-state index is 11.4. The number of nitrogens with one attached hydrogen (secondary N) is 1. The van der Waals surface area contributed by atoms with Crippen LogP contribution in [0.3, 0.4) is 0 Å². The zero-order valence-electron chi connectivity index (χ0n) is 10.7. The van der Waals surface area contributed by atoms with Gasteiger partial charge >= 0.3 is 0 Å². The number of halogens is 3. The summed E-state index contributed by atoms with van der Waals surface area (Å²) < 4.78 is 0.741. The van der Waals surface area contributed by atoms with E-state index in [0.717, 1.165) is 10.0 Å². The summed E-state index contributed by atoms with van der Waals surface area (Å²) in [6.45, 7) is 0. The molecule has 1 amide bonds. The van der Waals surface area contributed by atoms with Gasteiger partial charge in [-0.1, -0.05) is 39.1 Å². The predicted octanol–water partition coefficient (Wildman–Crippen LogP) is 4.33. The molecule has 1 unspecified atom stereocenters. The molecule has 0 aromatic heterocycles. The molecule has 3 nitrogen and oxygen atoms in total. The first kappa shape index (κ1) is 14.9. The summed E-state index contributed by atoms with van der Waals surface area (Å²) in [4.78, 5) is 11.4. The minimum absolute atomic E-state index is 0.0726. The summed E-state index contributed by atoms with van der Waals surface area (Å²) in [5, 5.41) is 14.3. The minimum atomic E-state index is -0.924. The number of anilines is 1. The second-order valence-electron chi connectivity index (χ2n) is 4.82. The van der Waals surface area contributed by atoms with Crippen LogP contribution in [0.1, 0.15) is 22.8 Å². The molecule has 108 valence electrons. The molecule has 3 rings (SSSR count). The molecule has 1 heterocycles. The fourth-order valence-electron chi connectivity index (χ4n) is 2.37. The fourth-order valence-corrected chi connectivity index (χ4v) is 3.28. The third kappa shape index (κ3) is 2.81. The van der Waals surface area contributed by atoms with E-state index in [1.807, 2.05) is 0 Å². The summed E-state index contributed by atoms with van der Waals surface area (Å²) in [5.74, 6) is -0.0726. The molecule has 0 spiro atoms. The average Bonchev–Trinajstić information content (AvgIpc) is 2.79. The van der Waals surface area contributed by atoms with Crippen LogP contribution < -0.4 is 5.32 Å². The van der Waals surface area contributed by atoms with Gasteiger partial charge in [0.1, 0.15) is 6.10 Å². The first-order valence-electron chi connectivity index (χ1n) is 6.21. The van der Waals surface area contributed by atoms with Crippen molar-refractivity contribution in [2.75, 3.05) is 5.32 Å². The molecule has 2 aromatic rings. The highest BCUT2D eigenvalue weighted by Gasteiger charge is 2.23. The Morgan fingerprint density at radius 2 is 1.95 bits per heavy atom. The van der Waals surface area contributed by atoms with Gasteiger partial charge in [-0.05, 0) is 35.9 Å². The highest BCUT2D eigenvalue weighted by atomic mass is 79.9. The van der Waals surface area contributed by atoms with Crippen LogP contribution >= 0.6 is 39.1 Å². The Morgan fingerprint density at radius 1 is 1.19 bits per heavy atom. The number of benzene rings is 2. The van der Waals surface area contributed by atoms with Gasteiger partial charge in [-0.3, -0.25) is 4.79 Å². The Balaban J connectivity index is 2.06. The Kier molecular flexibility index (Phi) is 3.97. The molecule has 6 heteroatoms. The van der Waals surface area contributed by atoms with Gasteiger partial charge in [-0.25, -0.2) is 0 Å². The van der Waals surface area contributed by atoms with E-state index in [9.17, 15) is 9.90 Å². The van der Waals surface area contributed by atoms with Crippen molar-refractivity contribution in [3.63, 3.8) is 0 Å². The zero-order chi connectivity index (χ0) is 15.1. The van der Waals surface area contributed by atoms with Gasteiger partial charge in [0.2, 0.25) is 5.91 Å². The lowest BCUT2D eigenvalue weighted by Crippen LogP contribution is -2.03. The molecule has 0 saturated carbocycles. The van der Waals surface area contributed by atoms with Gasteiger partial charge in [-0.15, -0.1) is 0 Å². The summed E-state index contributed by atoms with van der Waals surface area (Å²) in [6.07, 6.45) is -0.630. The highest BCUT2D eigenvalue weighted by Crippen LogP contribution is 2.37. The van der Waals surface area contributed by atoms with Crippen LogP contribution in [0.4, 0.5) is 5.69 Å². The first-order chi connectivity index (χ1) is 9.95. The first-order valence-corrected chi connectivity index (χ1v) is 7.76. The van der Waals surface area contributed by atoms with Gasteiger partial charge < -0.3 is 10.4 Å². The molecule has 21 heavy (non-hydrogen) atoms. The van der Waals surface area contributed by atoms with E-state index in [1.165, 1.54) is 0 Å². The molecule has 0 aliphatic carbocycles. The third-order valence-corrected chi connectivity index (χ3v) is 4.68. The number of hydrogen-bond donors (Lipinski definition) is 2. The van der Waals surface area contributed by atoms with Crippen molar-refractivity contribution < 1.29 is 9.90 Å². The SMILES string of the molecule is O=C1Cc2cc(C(O)c3cc(Cl)ccc3Br)c(Cl)cc2N1. The van der Waals surface area contributed by atoms with E-state index < -0.39 is 6.10 Å². The van der Waals surface area contributed by atoms with Crippen LogP contribution in [0, 0.1) is 0 Å². The standard InChI is InChI=1S/C15H10BrCl2NO2/c16-11-2-1-8(17)5-9(11)15(21)10-3-7-4-14(20)19-13(7)6-12(10)18/h1-3,5-6,15,21H,4H2,(H,19,20). The molecular weight excluding hydrogens is 377 g/mol. The Morgan fingerprint density at radius 3 is 2.71 bits per heavy atom. The summed E-state index contributed by atoms with van der Waals surface area (Å²) in [5.41, 5.74) is 2.71. The van der Waals surface area contributed by atoms with Gasteiger partial charge in [0.25, 0.3) is 0 Å². The second-order valence-corrected chi connectivity index (χ2v) is 6.52. The van der Waals surface area contributed by atoms with E-state index in [-0.39, 0.29) is 5.91 Å². The molecule has 1 atom stereocenters. The second kappa shape index (κ2) is 5.61. The maximum Gasteiger partial charge on any atom is 0.228 e. The van der Waals surface area contributed by atoms with Crippen molar-refractivity contribution in [1.82, 2.24) is 0 Å². The Labute approximate surface area is 140 Å². The van der Waals surface area contributed by atoms with Crippen molar-refractivity contribution in [1.29, 1.82) is 0 Å². The quantitative estimate of drug-likeness (QED) is 0.806. The van der Waals surface area contributed by atoms with Crippen LogP contribution in [-0.4, -0.2) is 11.0 Å². The molecule has 1 aliphatic heterocycles. The lowest BCUT2D eigenvalue weighted by molar-refractivity contribution is -0.115. The van der Waals surface area contributed by atoms with E-state index in [2.05, 4.69) is 21.2 Å². The molecule has 0 bridgehead atoms. The van der Waals surface area contributed by atoms with Crippen molar-refractivity contribution in [3.05, 3.63) is 61.5 Å². The van der Waals surface area contributed by atoms with Crippen LogP contribution in [0.15, 0.2) is 34.8 Å². The summed E-state index contributed by atoms with van der Waals surface area (Å²) >= 11 is 15.6. The topological polar surface area (TPSA) is 49.3 Å². The molecule has 2 N–H and O–H groups in total. The largest absolute Gasteiger partial charge is 0.384 e. The van der Waals surface area contributed by atoms with Crippen LogP contribution in [0.5, 0.6) is 0 Å². The maximum absolute atomic E-state index is 11.4. The highest BCUT2D eigenvalue weighted by molar-refractivity contribution is 9.10. The number of carbonyl (C=O) groups excluding carboxylic acids is 1.